The van der Waals surface area contributed by atoms with Gasteiger partial charge in [0.1, 0.15) is 27.2 Å². The molecule has 10 nitrogen and oxygen atoms in total. The number of nitrogens with two attached hydrogens (primary N) is 2. The van der Waals surface area contributed by atoms with Crippen LogP contribution in [0.5, 0.6) is 0 Å². The number of carbonyl (C=O) groups is 1. The Morgan fingerprint density at radius 2 is 1.68 bits per heavy atom. The zero-order valence-corrected chi connectivity index (χ0v) is 21.5. The Hall–Kier alpha value is -4.86. The number of nitrogens with zero attached hydrogens (tertiary/aromatic N) is 4. The average molecular weight is 542 g/mol. The number of benzene rings is 2. The molecule has 0 amide bonds. The van der Waals surface area contributed by atoms with Crippen LogP contribution in [0.4, 0.5) is 17.5 Å². The first-order valence-corrected chi connectivity index (χ1v) is 13.4. The Morgan fingerprint density at radius 1 is 1.03 bits per heavy atom. The van der Waals surface area contributed by atoms with Crippen LogP contribution in [0.2, 0.25) is 0 Å². The van der Waals surface area contributed by atoms with Gasteiger partial charge in [-0.15, -0.1) is 11.3 Å². The Labute approximate surface area is 221 Å². The number of rotatable bonds is 6. The Bertz CT molecular complexity index is 1840. The van der Waals surface area contributed by atoms with Crippen molar-refractivity contribution < 1.29 is 13.2 Å². The summed E-state index contributed by atoms with van der Waals surface area (Å²) in [6, 6.07) is 16.6. The first kappa shape index (κ1) is 24.8. The van der Waals surface area contributed by atoms with Crippen molar-refractivity contribution in [3.63, 3.8) is 0 Å². The number of hydrogen-bond donors (Lipinski definition) is 3. The van der Waals surface area contributed by atoms with Crippen LogP contribution in [0.3, 0.4) is 0 Å². The first-order chi connectivity index (χ1) is 18.2. The van der Waals surface area contributed by atoms with E-state index in [4.69, 9.17) is 11.5 Å². The lowest BCUT2D eigenvalue weighted by Crippen LogP contribution is -2.15. The van der Waals surface area contributed by atoms with Crippen molar-refractivity contribution in [2.75, 3.05) is 16.2 Å². The highest BCUT2D eigenvalue weighted by atomic mass is 32.2. The highest BCUT2D eigenvalue weighted by molar-refractivity contribution is 7.92. The van der Waals surface area contributed by atoms with Crippen LogP contribution in [0.25, 0.3) is 21.3 Å². The van der Waals surface area contributed by atoms with Gasteiger partial charge in [0, 0.05) is 28.9 Å². The molecule has 0 saturated carbocycles. The molecule has 0 fully saturated rings. The minimum Gasteiger partial charge on any atom is -0.397 e. The zero-order chi connectivity index (χ0) is 27.0. The molecule has 2 aromatic carbocycles. The van der Waals surface area contributed by atoms with Crippen LogP contribution in [-0.2, 0) is 10.0 Å². The van der Waals surface area contributed by atoms with E-state index in [-0.39, 0.29) is 38.4 Å². The lowest BCUT2D eigenvalue weighted by molar-refractivity contribution is 0.104. The number of nitriles is 1. The van der Waals surface area contributed by atoms with Crippen LogP contribution in [0.1, 0.15) is 26.4 Å². The zero-order valence-electron chi connectivity index (χ0n) is 19.8. The maximum Gasteiger partial charge on any atom is 0.264 e. The third-order valence-corrected chi connectivity index (χ3v) is 8.22. The molecule has 5 rings (SSSR count). The molecule has 0 aliphatic carbocycles. The summed E-state index contributed by atoms with van der Waals surface area (Å²) in [5.41, 5.74) is 15.4. The third-order valence-electron chi connectivity index (χ3n) is 5.78. The van der Waals surface area contributed by atoms with Crippen molar-refractivity contribution in [3.05, 3.63) is 88.6 Å². The monoisotopic (exact) mass is 541 g/mol. The predicted molar refractivity (Wildman–Crippen MR) is 146 cm³/mol. The van der Waals surface area contributed by atoms with Gasteiger partial charge in [0.25, 0.3) is 10.0 Å². The van der Waals surface area contributed by atoms with E-state index in [9.17, 15) is 18.5 Å². The SMILES string of the molecule is Cc1ccc(-c2c(C#N)c(N)nc3sc(C(=O)c4ccc(S(=O)(=O)Nc5ncccn5)cc4)c(N)c23)cc1. The maximum absolute atomic E-state index is 13.4. The summed E-state index contributed by atoms with van der Waals surface area (Å²) in [6.45, 7) is 1.95. The molecule has 0 spiro atoms. The smallest absolute Gasteiger partial charge is 0.264 e. The molecule has 0 aliphatic rings. The molecule has 3 heterocycles. The van der Waals surface area contributed by atoms with Crippen molar-refractivity contribution in [2.24, 2.45) is 0 Å². The second kappa shape index (κ2) is 9.55. The number of anilines is 3. The lowest BCUT2D eigenvalue weighted by atomic mass is 9.96. The number of fused-ring (bicyclic) bond motifs is 1. The van der Waals surface area contributed by atoms with Gasteiger partial charge in [-0.1, -0.05) is 29.8 Å². The van der Waals surface area contributed by atoms with Crippen molar-refractivity contribution in [1.29, 1.82) is 5.26 Å². The van der Waals surface area contributed by atoms with Gasteiger partial charge in [0.15, 0.2) is 0 Å². The second-order valence-corrected chi connectivity index (χ2v) is 11.0. The lowest BCUT2D eigenvalue weighted by Gasteiger charge is -2.10. The quantitative estimate of drug-likeness (QED) is 0.267. The van der Waals surface area contributed by atoms with E-state index in [0.29, 0.717) is 15.8 Å². The summed E-state index contributed by atoms with van der Waals surface area (Å²) >= 11 is 1.06. The van der Waals surface area contributed by atoms with Gasteiger partial charge in [0.2, 0.25) is 11.7 Å². The molecule has 5 N–H and O–H groups in total. The highest BCUT2D eigenvalue weighted by Gasteiger charge is 2.25. The molecule has 0 atom stereocenters. The number of nitrogen functional groups attached to an aromatic ring is 2. The van der Waals surface area contributed by atoms with Gasteiger partial charge in [-0.25, -0.2) is 28.1 Å². The highest BCUT2D eigenvalue weighted by Crippen LogP contribution is 2.43. The van der Waals surface area contributed by atoms with Gasteiger partial charge in [0.05, 0.1) is 10.6 Å². The van der Waals surface area contributed by atoms with Gasteiger partial charge < -0.3 is 11.5 Å². The fourth-order valence-corrected chi connectivity index (χ4v) is 5.94. The number of pyridine rings is 1. The summed E-state index contributed by atoms with van der Waals surface area (Å²) in [4.78, 5) is 26.0. The number of aromatic nitrogens is 3. The fourth-order valence-electron chi connectivity index (χ4n) is 3.91. The molecule has 38 heavy (non-hydrogen) atoms. The van der Waals surface area contributed by atoms with Crippen molar-refractivity contribution in [1.82, 2.24) is 15.0 Å². The number of nitrogens with one attached hydrogen (secondary N) is 1. The molecular weight excluding hydrogens is 522 g/mol. The van der Waals surface area contributed by atoms with Crippen LogP contribution in [-0.4, -0.2) is 29.2 Å². The maximum atomic E-state index is 13.4. The van der Waals surface area contributed by atoms with E-state index < -0.39 is 15.8 Å². The van der Waals surface area contributed by atoms with E-state index in [0.717, 1.165) is 22.5 Å². The molecule has 188 valence electrons. The summed E-state index contributed by atoms with van der Waals surface area (Å²) < 4.78 is 27.6. The van der Waals surface area contributed by atoms with Crippen molar-refractivity contribution in [3.8, 4) is 17.2 Å². The average Bonchev–Trinajstić information content (AvgIpc) is 3.23. The van der Waals surface area contributed by atoms with Crippen molar-refractivity contribution in [2.45, 2.75) is 11.8 Å². The molecule has 0 bridgehead atoms. The van der Waals surface area contributed by atoms with Crippen molar-refractivity contribution >= 4 is 54.8 Å². The normalized spacial score (nSPS) is 11.3. The predicted octanol–water partition coefficient (Wildman–Crippen LogP) is 4.13. The summed E-state index contributed by atoms with van der Waals surface area (Å²) in [5.74, 6) is -0.445. The summed E-state index contributed by atoms with van der Waals surface area (Å²) in [5, 5.41) is 10.3. The van der Waals surface area contributed by atoms with E-state index >= 15 is 0 Å². The summed E-state index contributed by atoms with van der Waals surface area (Å²) in [6.07, 6.45) is 2.82. The number of hydrogen-bond acceptors (Lipinski definition) is 10. The van der Waals surface area contributed by atoms with Gasteiger partial charge in [-0.2, -0.15) is 5.26 Å². The van der Waals surface area contributed by atoms with E-state index in [1.807, 2.05) is 31.2 Å². The van der Waals surface area contributed by atoms with E-state index in [2.05, 4.69) is 25.7 Å². The Kier molecular flexibility index (Phi) is 6.23. The molecule has 0 unspecified atom stereocenters. The third kappa shape index (κ3) is 4.40. The fraction of sp³-hybridized carbons (Fsp3) is 0.0385. The molecule has 0 aliphatic heterocycles. The minimum absolute atomic E-state index is 0.0419. The molecule has 5 aromatic rings. The largest absolute Gasteiger partial charge is 0.397 e. The number of ketones is 1. The molecule has 0 saturated heterocycles. The Balaban J connectivity index is 1.55. The van der Waals surface area contributed by atoms with Crippen LogP contribution in [0.15, 0.2) is 71.9 Å². The van der Waals surface area contributed by atoms with Crippen LogP contribution in [0, 0.1) is 18.3 Å². The molecule has 3 aromatic heterocycles. The minimum atomic E-state index is -3.96. The molecular formula is C26H19N7O3S2. The Morgan fingerprint density at radius 3 is 2.32 bits per heavy atom. The van der Waals surface area contributed by atoms with E-state index in [1.165, 1.54) is 36.7 Å². The number of thiophene rings is 1. The van der Waals surface area contributed by atoms with Crippen LogP contribution >= 0.6 is 11.3 Å². The molecule has 0 radical (unpaired) electrons. The second-order valence-electron chi connectivity index (χ2n) is 8.28. The van der Waals surface area contributed by atoms with Crippen LogP contribution < -0.4 is 16.2 Å². The standard InChI is InChI=1S/C26H19N7O3S2/c1-14-3-5-15(6-4-14)19-18(13-27)24(29)32-25-20(19)21(28)23(37-25)22(34)16-7-9-17(10-8-16)38(35,36)33-26-30-11-2-12-31-26/h2-12H,28H2,1H3,(H2,29,32)(H,30,31,33). The topological polar surface area (TPSA) is 178 Å². The van der Waals surface area contributed by atoms with Gasteiger partial charge in [-0.3, -0.25) is 4.79 Å². The van der Waals surface area contributed by atoms with Gasteiger partial charge in [-0.05, 0) is 42.8 Å². The molecule has 12 heteroatoms. The van der Waals surface area contributed by atoms with Gasteiger partial charge >= 0.3 is 0 Å². The number of sulfonamides is 1. The first-order valence-electron chi connectivity index (χ1n) is 11.1. The summed E-state index contributed by atoms with van der Waals surface area (Å²) in [7, 11) is -3.96. The van der Waals surface area contributed by atoms with E-state index in [1.54, 1.807) is 6.07 Å². The number of aryl methyl sites for hydroxylation is 1. The number of carbonyl (C=O) groups excluding carboxylic acids is 1.